The molecule has 128 valence electrons. The maximum atomic E-state index is 5.66. The second-order valence-corrected chi connectivity index (χ2v) is 6.39. The Morgan fingerprint density at radius 1 is 1.39 bits per heavy atom. The molecule has 1 fully saturated rings. The van der Waals surface area contributed by atoms with Crippen LogP contribution in [0.25, 0.3) is 0 Å². The van der Waals surface area contributed by atoms with Gasteiger partial charge in [0.25, 0.3) is 0 Å². The summed E-state index contributed by atoms with van der Waals surface area (Å²) >= 11 is 0. The summed E-state index contributed by atoms with van der Waals surface area (Å²) in [7, 11) is 0. The molecule has 0 saturated carbocycles. The van der Waals surface area contributed by atoms with Gasteiger partial charge in [-0.2, -0.15) is 0 Å². The molecule has 2 rings (SSSR count). The Kier molecular flexibility index (Phi) is 7.40. The minimum absolute atomic E-state index is 0.420. The zero-order valence-corrected chi connectivity index (χ0v) is 14.8. The van der Waals surface area contributed by atoms with Gasteiger partial charge in [0.1, 0.15) is 0 Å². The Balaban J connectivity index is 1.82. The number of benzene rings is 1. The fourth-order valence-electron chi connectivity index (χ4n) is 2.88. The summed E-state index contributed by atoms with van der Waals surface area (Å²) in [6.07, 6.45) is 3.88. The van der Waals surface area contributed by atoms with Crippen LogP contribution in [0, 0.1) is 6.92 Å². The predicted octanol–water partition coefficient (Wildman–Crippen LogP) is 3.22. The van der Waals surface area contributed by atoms with E-state index in [0.29, 0.717) is 12.0 Å². The van der Waals surface area contributed by atoms with Gasteiger partial charge < -0.3 is 15.4 Å². The van der Waals surface area contributed by atoms with Gasteiger partial charge >= 0.3 is 0 Å². The summed E-state index contributed by atoms with van der Waals surface area (Å²) in [4.78, 5) is 4.74. The molecular weight excluding hydrogens is 286 g/mol. The van der Waals surface area contributed by atoms with Gasteiger partial charge in [0.05, 0.1) is 6.10 Å². The number of ether oxygens (including phenoxy) is 1. The van der Waals surface area contributed by atoms with E-state index in [1.165, 1.54) is 24.0 Å². The van der Waals surface area contributed by atoms with Crippen molar-refractivity contribution in [3.05, 3.63) is 35.4 Å². The second-order valence-electron chi connectivity index (χ2n) is 6.39. The van der Waals surface area contributed by atoms with Crippen LogP contribution in [0.2, 0.25) is 0 Å². The summed E-state index contributed by atoms with van der Waals surface area (Å²) in [5, 5.41) is 6.75. The van der Waals surface area contributed by atoms with Gasteiger partial charge in [0.2, 0.25) is 0 Å². The maximum Gasteiger partial charge on any atom is 0.191 e. The molecule has 2 N–H and O–H groups in total. The Labute approximate surface area is 140 Å². The first-order valence-corrected chi connectivity index (χ1v) is 8.89. The topological polar surface area (TPSA) is 45.7 Å². The summed E-state index contributed by atoms with van der Waals surface area (Å²) in [5.41, 5.74) is 2.66. The third-order valence-electron chi connectivity index (χ3n) is 4.26. The molecule has 0 aliphatic carbocycles. The average Bonchev–Trinajstić information content (AvgIpc) is 3.05. The third-order valence-corrected chi connectivity index (χ3v) is 4.26. The Morgan fingerprint density at radius 2 is 2.26 bits per heavy atom. The molecule has 23 heavy (non-hydrogen) atoms. The lowest BCUT2D eigenvalue weighted by Gasteiger charge is -2.15. The minimum atomic E-state index is 0.420. The Hall–Kier alpha value is -1.55. The molecule has 0 amide bonds. The van der Waals surface area contributed by atoms with Gasteiger partial charge in [-0.05, 0) is 38.7 Å². The van der Waals surface area contributed by atoms with E-state index >= 15 is 0 Å². The number of hydrogen-bond acceptors (Lipinski definition) is 2. The van der Waals surface area contributed by atoms with Crippen LogP contribution in [0.4, 0.5) is 0 Å². The molecule has 2 atom stereocenters. The van der Waals surface area contributed by atoms with Crippen molar-refractivity contribution in [2.24, 2.45) is 4.99 Å². The summed E-state index contributed by atoms with van der Waals surface area (Å²) in [6, 6.07) is 8.69. The largest absolute Gasteiger partial charge is 0.378 e. The van der Waals surface area contributed by atoms with Crippen LogP contribution in [0.15, 0.2) is 29.3 Å². The maximum absolute atomic E-state index is 5.66. The SMILES string of the molecule is CCNC(=NCC(C)c1cccc(C)c1)NCCC1CCCO1. The summed E-state index contributed by atoms with van der Waals surface area (Å²) < 4.78 is 5.66. The molecule has 1 aliphatic heterocycles. The van der Waals surface area contributed by atoms with Crippen LogP contribution in [0.5, 0.6) is 0 Å². The van der Waals surface area contributed by atoms with E-state index < -0.39 is 0 Å². The summed E-state index contributed by atoms with van der Waals surface area (Å²) in [5.74, 6) is 1.33. The van der Waals surface area contributed by atoms with Crippen molar-refractivity contribution < 1.29 is 4.74 Å². The highest BCUT2D eigenvalue weighted by Crippen LogP contribution is 2.17. The minimum Gasteiger partial charge on any atom is -0.378 e. The lowest BCUT2D eigenvalue weighted by molar-refractivity contribution is 0.105. The zero-order valence-electron chi connectivity index (χ0n) is 14.8. The van der Waals surface area contributed by atoms with Gasteiger partial charge in [0, 0.05) is 32.2 Å². The van der Waals surface area contributed by atoms with Gasteiger partial charge in [-0.3, -0.25) is 4.99 Å². The molecule has 4 nitrogen and oxygen atoms in total. The van der Waals surface area contributed by atoms with Crippen molar-refractivity contribution in [3.8, 4) is 0 Å². The Morgan fingerprint density at radius 3 is 2.96 bits per heavy atom. The number of aliphatic imine (C=N–C) groups is 1. The van der Waals surface area contributed by atoms with Crippen LogP contribution < -0.4 is 10.6 Å². The predicted molar refractivity (Wildman–Crippen MR) is 97.2 cm³/mol. The molecule has 1 saturated heterocycles. The number of rotatable bonds is 7. The molecule has 0 radical (unpaired) electrons. The smallest absolute Gasteiger partial charge is 0.191 e. The van der Waals surface area contributed by atoms with E-state index in [4.69, 9.17) is 9.73 Å². The molecule has 0 bridgehead atoms. The number of nitrogens with zero attached hydrogens (tertiary/aromatic N) is 1. The van der Waals surface area contributed by atoms with Gasteiger partial charge in [-0.1, -0.05) is 36.8 Å². The van der Waals surface area contributed by atoms with Gasteiger partial charge in [-0.15, -0.1) is 0 Å². The van der Waals surface area contributed by atoms with E-state index in [1.54, 1.807) is 0 Å². The number of nitrogens with one attached hydrogen (secondary N) is 2. The highest BCUT2D eigenvalue weighted by atomic mass is 16.5. The van der Waals surface area contributed by atoms with Crippen molar-refractivity contribution in [2.75, 3.05) is 26.2 Å². The lowest BCUT2D eigenvalue weighted by Crippen LogP contribution is -2.38. The molecule has 4 heteroatoms. The monoisotopic (exact) mass is 317 g/mol. The van der Waals surface area contributed by atoms with Crippen molar-refractivity contribution in [1.29, 1.82) is 0 Å². The molecule has 1 aliphatic rings. The second kappa shape index (κ2) is 9.56. The molecular formula is C19H31N3O. The van der Waals surface area contributed by atoms with Crippen LogP contribution >= 0.6 is 0 Å². The normalized spacial score (nSPS) is 19.6. The molecule has 1 aromatic rings. The highest BCUT2D eigenvalue weighted by molar-refractivity contribution is 5.79. The molecule has 0 spiro atoms. The molecule has 0 aromatic heterocycles. The number of guanidine groups is 1. The zero-order chi connectivity index (χ0) is 16.5. The fraction of sp³-hybridized carbons (Fsp3) is 0.632. The average molecular weight is 317 g/mol. The van der Waals surface area contributed by atoms with E-state index in [9.17, 15) is 0 Å². The Bertz CT molecular complexity index is 495. The van der Waals surface area contributed by atoms with Crippen molar-refractivity contribution in [3.63, 3.8) is 0 Å². The number of aryl methyl sites for hydroxylation is 1. The van der Waals surface area contributed by atoms with Crippen LogP contribution in [-0.2, 0) is 4.74 Å². The molecule has 1 aromatic carbocycles. The molecule has 1 heterocycles. The summed E-state index contributed by atoms with van der Waals surface area (Å²) in [6.45, 7) is 9.97. The highest BCUT2D eigenvalue weighted by Gasteiger charge is 2.14. The quantitative estimate of drug-likeness (QED) is 0.599. The van der Waals surface area contributed by atoms with Crippen molar-refractivity contribution in [2.45, 2.75) is 52.1 Å². The molecule has 2 unspecified atom stereocenters. The van der Waals surface area contributed by atoms with E-state index in [-0.39, 0.29) is 0 Å². The number of hydrogen-bond donors (Lipinski definition) is 2. The van der Waals surface area contributed by atoms with E-state index in [1.807, 2.05) is 0 Å². The van der Waals surface area contributed by atoms with Gasteiger partial charge in [0.15, 0.2) is 5.96 Å². The van der Waals surface area contributed by atoms with Crippen molar-refractivity contribution in [1.82, 2.24) is 10.6 Å². The van der Waals surface area contributed by atoms with E-state index in [0.717, 1.165) is 38.6 Å². The lowest BCUT2D eigenvalue weighted by atomic mass is 10.00. The van der Waals surface area contributed by atoms with E-state index in [2.05, 4.69) is 55.7 Å². The standard InChI is InChI=1S/C19H31N3O/c1-4-20-19(21-11-10-18-9-6-12-23-18)22-14-16(3)17-8-5-7-15(2)13-17/h5,7-8,13,16,18H,4,6,9-12,14H2,1-3H3,(H2,20,21,22). The first-order chi connectivity index (χ1) is 11.2. The van der Waals surface area contributed by atoms with Crippen LogP contribution in [-0.4, -0.2) is 38.3 Å². The van der Waals surface area contributed by atoms with Crippen molar-refractivity contribution >= 4 is 5.96 Å². The third kappa shape index (κ3) is 6.22. The first-order valence-electron chi connectivity index (χ1n) is 8.89. The van der Waals surface area contributed by atoms with Crippen LogP contribution in [0.3, 0.4) is 0 Å². The van der Waals surface area contributed by atoms with Gasteiger partial charge in [-0.25, -0.2) is 0 Å². The van der Waals surface area contributed by atoms with Crippen LogP contribution in [0.1, 0.15) is 50.2 Å². The fourth-order valence-corrected chi connectivity index (χ4v) is 2.88. The first kappa shape index (κ1) is 17.8.